The molecule has 0 saturated heterocycles. The van der Waals surface area contributed by atoms with E-state index < -0.39 is 0 Å². The van der Waals surface area contributed by atoms with Crippen molar-refractivity contribution in [2.24, 2.45) is 4.99 Å². The van der Waals surface area contributed by atoms with Gasteiger partial charge in [0.05, 0.1) is 6.04 Å². The van der Waals surface area contributed by atoms with Crippen LogP contribution >= 0.6 is 0 Å². The van der Waals surface area contributed by atoms with Crippen LogP contribution in [0.3, 0.4) is 0 Å². The smallest absolute Gasteiger partial charge is 0.0724 e. The van der Waals surface area contributed by atoms with Crippen LogP contribution in [0.4, 0.5) is 0 Å². The maximum absolute atomic E-state index is 4.77. The van der Waals surface area contributed by atoms with Gasteiger partial charge in [0.15, 0.2) is 0 Å². The van der Waals surface area contributed by atoms with Crippen LogP contribution in [0.15, 0.2) is 77.4 Å². The first kappa shape index (κ1) is 17.0. The van der Waals surface area contributed by atoms with E-state index in [0.717, 1.165) is 11.4 Å². The van der Waals surface area contributed by atoms with Crippen molar-refractivity contribution < 1.29 is 0 Å². The zero-order valence-electron chi connectivity index (χ0n) is 14.5. The summed E-state index contributed by atoms with van der Waals surface area (Å²) in [5, 5.41) is 3.52. The highest BCUT2D eigenvalue weighted by molar-refractivity contribution is 5.93. The second-order valence-electron chi connectivity index (χ2n) is 5.96. The Labute approximate surface area is 140 Å². The molecule has 0 bridgehead atoms. The predicted octanol–water partition coefficient (Wildman–Crippen LogP) is 5.46. The van der Waals surface area contributed by atoms with Crippen molar-refractivity contribution in [3.05, 3.63) is 83.6 Å². The first-order valence-corrected chi connectivity index (χ1v) is 8.15. The molecule has 0 unspecified atom stereocenters. The number of rotatable bonds is 6. The molecular weight excluding hydrogens is 280 g/mol. The molecule has 2 heteroatoms. The van der Waals surface area contributed by atoms with E-state index in [1.165, 1.54) is 11.1 Å². The van der Waals surface area contributed by atoms with Crippen LogP contribution < -0.4 is 5.32 Å². The number of aliphatic imine (C=N–C) groups is 1. The summed E-state index contributed by atoms with van der Waals surface area (Å²) in [5.41, 5.74) is 4.69. The molecule has 0 fully saturated rings. The summed E-state index contributed by atoms with van der Waals surface area (Å²) in [6, 6.07) is 21.3. The molecule has 0 aliphatic rings. The Morgan fingerprint density at radius 1 is 0.870 bits per heavy atom. The van der Waals surface area contributed by atoms with E-state index in [1.54, 1.807) is 0 Å². The van der Waals surface area contributed by atoms with E-state index in [0.29, 0.717) is 0 Å². The number of nitrogens with one attached hydrogen (secondary N) is 1. The molecule has 2 atom stereocenters. The Morgan fingerprint density at radius 2 is 1.39 bits per heavy atom. The van der Waals surface area contributed by atoms with Gasteiger partial charge >= 0.3 is 0 Å². The maximum Gasteiger partial charge on any atom is 0.0724 e. The summed E-state index contributed by atoms with van der Waals surface area (Å²) in [4.78, 5) is 4.77. The van der Waals surface area contributed by atoms with Crippen molar-refractivity contribution in [2.75, 3.05) is 0 Å². The van der Waals surface area contributed by atoms with Crippen molar-refractivity contribution >= 4 is 5.71 Å². The fourth-order valence-corrected chi connectivity index (χ4v) is 2.67. The molecule has 120 valence electrons. The van der Waals surface area contributed by atoms with E-state index >= 15 is 0 Å². The van der Waals surface area contributed by atoms with E-state index in [-0.39, 0.29) is 12.1 Å². The zero-order chi connectivity index (χ0) is 16.7. The minimum Gasteiger partial charge on any atom is -0.382 e. The van der Waals surface area contributed by atoms with Gasteiger partial charge in [-0.1, -0.05) is 60.7 Å². The van der Waals surface area contributed by atoms with E-state index in [1.807, 2.05) is 12.1 Å². The van der Waals surface area contributed by atoms with Crippen LogP contribution in [0.5, 0.6) is 0 Å². The summed E-state index contributed by atoms with van der Waals surface area (Å²) in [6.45, 7) is 8.44. The highest BCUT2D eigenvalue weighted by atomic mass is 14.9. The summed E-state index contributed by atoms with van der Waals surface area (Å²) < 4.78 is 0. The standard InChI is InChI=1S/C21H26N2/c1-16(22-18(3)20-11-7-5-8-12-20)15-17(2)23-19(4)21-13-9-6-10-14-21/h5-15,18-19,22H,1-4H3/b16-15+,23-17?/t18-,19-/m1/s1. The molecule has 0 aliphatic heterocycles. The Balaban J connectivity index is 2.00. The first-order chi connectivity index (χ1) is 11.1. The van der Waals surface area contributed by atoms with Crippen LogP contribution in [0.25, 0.3) is 0 Å². The Morgan fingerprint density at radius 3 is 1.96 bits per heavy atom. The molecule has 2 rings (SSSR count). The normalized spacial score (nSPS) is 15.1. The molecule has 0 spiro atoms. The number of hydrogen-bond acceptors (Lipinski definition) is 2. The lowest BCUT2D eigenvalue weighted by Crippen LogP contribution is -2.17. The van der Waals surface area contributed by atoms with Gasteiger partial charge in [0.2, 0.25) is 0 Å². The lowest BCUT2D eigenvalue weighted by Gasteiger charge is -2.16. The van der Waals surface area contributed by atoms with Crippen LogP contribution in [-0.2, 0) is 0 Å². The van der Waals surface area contributed by atoms with Crippen molar-refractivity contribution in [3.8, 4) is 0 Å². The fraction of sp³-hybridized carbons (Fsp3) is 0.286. The second kappa shape index (κ2) is 8.33. The molecule has 1 N–H and O–H groups in total. The minimum atomic E-state index is 0.173. The second-order valence-corrected chi connectivity index (χ2v) is 5.96. The number of benzene rings is 2. The highest BCUT2D eigenvalue weighted by Crippen LogP contribution is 2.17. The Hall–Kier alpha value is -2.35. The average Bonchev–Trinajstić information content (AvgIpc) is 2.56. The first-order valence-electron chi connectivity index (χ1n) is 8.15. The van der Waals surface area contributed by atoms with Gasteiger partial charge in [0, 0.05) is 17.5 Å². The Kier molecular flexibility index (Phi) is 6.16. The summed E-state index contributed by atoms with van der Waals surface area (Å²) >= 11 is 0. The van der Waals surface area contributed by atoms with Gasteiger partial charge in [0.25, 0.3) is 0 Å². The number of allylic oxidation sites excluding steroid dienone is 2. The van der Waals surface area contributed by atoms with E-state index in [2.05, 4.69) is 87.6 Å². The van der Waals surface area contributed by atoms with Gasteiger partial charge in [-0.3, -0.25) is 4.99 Å². The summed E-state index contributed by atoms with van der Waals surface area (Å²) in [7, 11) is 0. The van der Waals surface area contributed by atoms with Crippen LogP contribution in [-0.4, -0.2) is 5.71 Å². The van der Waals surface area contributed by atoms with E-state index in [4.69, 9.17) is 4.99 Å². The van der Waals surface area contributed by atoms with Gasteiger partial charge in [-0.15, -0.1) is 0 Å². The quantitative estimate of drug-likeness (QED) is 0.704. The Bertz CT molecular complexity index is 657. The summed E-state index contributed by atoms with van der Waals surface area (Å²) in [6.07, 6.45) is 2.11. The molecule has 2 aromatic carbocycles. The predicted molar refractivity (Wildman–Crippen MR) is 99.7 cm³/mol. The van der Waals surface area contributed by atoms with Crippen LogP contribution in [0.1, 0.15) is 50.9 Å². The number of hydrogen-bond donors (Lipinski definition) is 1. The van der Waals surface area contributed by atoms with E-state index in [9.17, 15) is 0 Å². The lowest BCUT2D eigenvalue weighted by molar-refractivity contribution is 0.654. The largest absolute Gasteiger partial charge is 0.382 e. The third-order valence-electron chi connectivity index (χ3n) is 3.85. The van der Waals surface area contributed by atoms with Crippen molar-refractivity contribution in [1.82, 2.24) is 5.32 Å². The van der Waals surface area contributed by atoms with Crippen molar-refractivity contribution in [2.45, 2.75) is 39.8 Å². The molecule has 0 radical (unpaired) electrons. The minimum absolute atomic E-state index is 0.173. The van der Waals surface area contributed by atoms with Gasteiger partial charge < -0.3 is 5.32 Å². The van der Waals surface area contributed by atoms with Crippen molar-refractivity contribution in [3.63, 3.8) is 0 Å². The molecule has 2 nitrogen and oxygen atoms in total. The highest BCUT2D eigenvalue weighted by Gasteiger charge is 2.05. The molecule has 23 heavy (non-hydrogen) atoms. The van der Waals surface area contributed by atoms with Gasteiger partial charge in [-0.2, -0.15) is 0 Å². The molecule has 0 heterocycles. The SMILES string of the molecule is CC(/C=C(\C)N[C@H](C)c1ccccc1)=N[C@H](C)c1ccccc1. The lowest BCUT2D eigenvalue weighted by atomic mass is 10.1. The summed E-state index contributed by atoms with van der Waals surface area (Å²) in [5.74, 6) is 0. The third kappa shape index (κ3) is 5.41. The zero-order valence-corrected chi connectivity index (χ0v) is 14.5. The maximum atomic E-state index is 4.77. The molecule has 2 aromatic rings. The molecular formula is C21H26N2. The van der Waals surface area contributed by atoms with Crippen LogP contribution in [0, 0.1) is 0 Å². The van der Waals surface area contributed by atoms with Gasteiger partial charge in [-0.25, -0.2) is 0 Å². The van der Waals surface area contributed by atoms with Crippen LogP contribution in [0.2, 0.25) is 0 Å². The van der Waals surface area contributed by atoms with Gasteiger partial charge in [0.1, 0.15) is 0 Å². The number of nitrogens with zero attached hydrogens (tertiary/aromatic N) is 1. The topological polar surface area (TPSA) is 24.4 Å². The third-order valence-corrected chi connectivity index (χ3v) is 3.85. The van der Waals surface area contributed by atoms with Crippen molar-refractivity contribution in [1.29, 1.82) is 0 Å². The molecule has 0 amide bonds. The molecule has 0 aliphatic carbocycles. The monoisotopic (exact) mass is 306 g/mol. The fourth-order valence-electron chi connectivity index (χ4n) is 2.67. The van der Waals surface area contributed by atoms with Gasteiger partial charge in [-0.05, 0) is 44.9 Å². The molecule has 0 aromatic heterocycles. The molecule has 0 saturated carbocycles. The average molecular weight is 306 g/mol.